The van der Waals surface area contributed by atoms with Gasteiger partial charge in [0.1, 0.15) is 5.76 Å². The quantitative estimate of drug-likeness (QED) is 0.753. The maximum absolute atomic E-state index is 11.9. The topological polar surface area (TPSA) is 87.2 Å². The van der Waals surface area contributed by atoms with Gasteiger partial charge in [0, 0.05) is 6.54 Å². The number of carbonyl (C=O) groups is 1. The molecule has 7 nitrogen and oxygen atoms in total. The van der Waals surface area contributed by atoms with Crippen LogP contribution in [0, 0.1) is 6.92 Å². The monoisotopic (exact) mass is 251 g/mol. The Morgan fingerprint density at radius 2 is 2.17 bits per heavy atom. The number of aromatic nitrogens is 3. The van der Waals surface area contributed by atoms with Crippen molar-refractivity contribution in [1.82, 2.24) is 14.9 Å². The Kier molecular flexibility index (Phi) is 3.14. The zero-order valence-electron chi connectivity index (χ0n) is 10.4. The molecule has 96 valence electrons. The zero-order valence-corrected chi connectivity index (χ0v) is 10.4. The maximum Gasteiger partial charge on any atom is 0.359 e. The Bertz CT molecular complexity index is 656. The number of rotatable bonds is 3. The zero-order chi connectivity index (χ0) is 13.3. The molecule has 0 aliphatic rings. The first-order valence-corrected chi connectivity index (χ1v) is 5.64. The number of hydrogen-bond acceptors (Lipinski definition) is 6. The van der Waals surface area contributed by atoms with Crippen molar-refractivity contribution in [2.75, 3.05) is 6.61 Å². The molecule has 0 saturated heterocycles. The molecular formula is C11H13N3O4. The average Bonchev–Trinajstić information content (AvgIpc) is 2.73. The molecule has 0 aromatic carbocycles. The molecule has 0 aliphatic heterocycles. The van der Waals surface area contributed by atoms with Crippen LogP contribution >= 0.6 is 0 Å². The maximum atomic E-state index is 11.9. The van der Waals surface area contributed by atoms with Gasteiger partial charge in [-0.3, -0.25) is 4.79 Å². The fraction of sp³-hybridized carbons (Fsp3) is 0.455. The second kappa shape index (κ2) is 4.59. The van der Waals surface area contributed by atoms with E-state index >= 15 is 0 Å². The molecule has 2 aromatic heterocycles. The van der Waals surface area contributed by atoms with Gasteiger partial charge in [0.05, 0.1) is 12.0 Å². The molecule has 0 unspecified atom stereocenters. The minimum absolute atomic E-state index is 0.0621. The van der Waals surface area contributed by atoms with Crippen LogP contribution in [-0.4, -0.2) is 27.5 Å². The Labute approximate surface area is 102 Å². The third-order valence-corrected chi connectivity index (χ3v) is 2.53. The number of hydrogen-bond donors (Lipinski definition) is 0. The van der Waals surface area contributed by atoms with Crippen LogP contribution in [-0.2, 0) is 11.3 Å². The first-order valence-electron chi connectivity index (χ1n) is 5.64. The lowest BCUT2D eigenvalue weighted by Gasteiger charge is -2.05. The van der Waals surface area contributed by atoms with Crippen molar-refractivity contribution in [3.63, 3.8) is 0 Å². The van der Waals surface area contributed by atoms with Crippen molar-refractivity contribution in [1.29, 1.82) is 0 Å². The highest BCUT2D eigenvalue weighted by Crippen LogP contribution is 2.18. The molecule has 2 aromatic rings. The lowest BCUT2D eigenvalue weighted by atomic mass is 10.2. The molecule has 0 fully saturated rings. The van der Waals surface area contributed by atoms with Gasteiger partial charge in [-0.05, 0) is 20.8 Å². The summed E-state index contributed by atoms with van der Waals surface area (Å²) in [4.78, 5) is 23.8. The van der Waals surface area contributed by atoms with Gasteiger partial charge in [-0.25, -0.2) is 9.48 Å². The van der Waals surface area contributed by atoms with E-state index in [4.69, 9.17) is 9.26 Å². The molecule has 2 rings (SSSR count). The summed E-state index contributed by atoms with van der Waals surface area (Å²) < 4.78 is 11.0. The number of aryl methyl sites for hydroxylation is 2. The van der Waals surface area contributed by atoms with E-state index in [2.05, 4.69) is 10.3 Å². The van der Waals surface area contributed by atoms with Gasteiger partial charge in [0.15, 0.2) is 11.2 Å². The molecule has 0 bridgehead atoms. The highest BCUT2D eigenvalue weighted by molar-refractivity contribution is 6.01. The first-order chi connectivity index (χ1) is 8.60. The van der Waals surface area contributed by atoms with Gasteiger partial charge in [0.2, 0.25) is 0 Å². The Hall–Kier alpha value is -2.18. The molecule has 0 N–H and O–H groups in total. The van der Waals surface area contributed by atoms with Gasteiger partial charge in [-0.2, -0.15) is 5.10 Å². The number of fused-ring (bicyclic) bond motifs is 1. The van der Waals surface area contributed by atoms with Crippen molar-refractivity contribution < 1.29 is 14.1 Å². The summed E-state index contributed by atoms with van der Waals surface area (Å²) >= 11 is 0. The standard InChI is InChI=1S/C11H13N3O4/c1-4-14-10(15)8-7(6(3)18-13-8)9(12-14)11(16)17-5-2/h4-5H2,1-3H3. The summed E-state index contributed by atoms with van der Waals surface area (Å²) in [5.74, 6) is -0.211. The van der Waals surface area contributed by atoms with E-state index in [0.29, 0.717) is 17.7 Å². The summed E-state index contributed by atoms with van der Waals surface area (Å²) in [6.07, 6.45) is 0. The number of ether oxygens (including phenoxy) is 1. The van der Waals surface area contributed by atoms with Gasteiger partial charge >= 0.3 is 5.97 Å². The molecule has 18 heavy (non-hydrogen) atoms. The highest BCUT2D eigenvalue weighted by Gasteiger charge is 2.22. The minimum Gasteiger partial charge on any atom is -0.461 e. The van der Waals surface area contributed by atoms with Crippen LogP contribution in [0.25, 0.3) is 10.9 Å². The molecule has 0 saturated carbocycles. The van der Waals surface area contributed by atoms with E-state index in [0.717, 1.165) is 4.68 Å². The number of nitrogens with zero attached hydrogens (tertiary/aromatic N) is 3. The summed E-state index contributed by atoms with van der Waals surface area (Å²) in [6.45, 7) is 5.65. The van der Waals surface area contributed by atoms with Crippen LogP contribution in [0.2, 0.25) is 0 Å². The Morgan fingerprint density at radius 1 is 1.44 bits per heavy atom. The fourth-order valence-corrected chi connectivity index (χ4v) is 1.69. The number of carbonyl (C=O) groups excluding carboxylic acids is 1. The second-order valence-corrected chi connectivity index (χ2v) is 3.65. The average molecular weight is 251 g/mol. The Morgan fingerprint density at radius 3 is 2.78 bits per heavy atom. The first kappa shape index (κ1) is 12.3. The van der Waals surface area contributed by atoms with Gasteiger partial charge in [0.25, 0.3) is 5.56 Å². The lowest BCUT2D eigenvalue weighted by molar-refractivity contribution is 0.0519. The molecule has 0 aliphatic carbocycles. The van der Waals surface area contributed by atoms with E-state index in [1.54, 1.807) is 20.8 Å². The molecular weight excluding hydrogens is 238 g/mol. The largest absolute Gasteiger partial charge is 0.461 e. The van der Waals surface area contributed by atoms with Crippen LogP contribution in [0.15, 0.2) is 9.32 Å². The molecule has 7 heteroatoms. The highest BCUT2D eigenvalue weighted by atomic mass is 16.5. The minimum atomic E-state index is -0.587. The van der Waals surface area contributed by atoms with E-state index in [1.165, 1.54) is 0 Å². The van der Waals surface area contributed by atoms with Crippen molar-refractivity contribution in [3.05, 3.63) is 21.8 Å². The third kappa shape index (κ3) is 1.77. The normalized spacial score (nSPS) is 10.8. The van der Waals surface area contributed by atoms with Crippen LogP contribution < -0.4 is 5.56 Å². The van der Waals surface area contributed by atoms with Gasteiger partial charge < -0.3 is 9.26 Å². The third-order valence-electron chi connectivity index (χ3n) is 2.53. The molecule has 0 spiro atoms. The van der Waals surface area contributed by atoms with Crippen LogP contribution in [0.5, 0.6) is 0 Å². The SMILES string of the molecule is CCOC(=O)c1nn(CC)c(=O)c2noc(C)c12. The summed E-state index contributed by atoms with van der Waals surface area (Å²) in [7, 11) is 0. The summed E-state index contributed by atoms with van der Waals surface area (Å²) in [6, 6.07) is 0. The van der Waals surface area contributed by atoms with E-state index in [1.807, 2.05) is 0 Å². The van der Waals surface area contributed by atoms with E-state index in [9.17, 15) is 9.59 Å². The summed E-state index contributed by atoms with van der Waals surface area (Å²) in [5, 5.41) is 8.00. The lowest BCUT2D eigenvalue weighted by Crippen LogP contribution is -2.25. The fourth-order valence-electron chi connectivity index (χ4n) is 1.69. The van der Waals surface area contributed by atoms with Crippen molar-refractivity contribution in [2.24, 2.45) is 0 Å². The predicted octanol–water partition coefficient (Wildman–Crippen LogP) is 0.890. The summed E-state index contributed by atoms with van der Waals surface area (Å²) in [5.41, 5.74) is -0.211. The molecule has 0 atom stereocenters. The molecule has 2 heterocycles. The van der Waals surface area contributed by atoms with Crippen LogP contribution in [0.3, 0.4) is 0 Å². The number of esters is 1. The predicted molar refractivity (Wildman–Crippen MR) is 62.4 cm³/mol. The smallest absolute Gasteiger partial charge is 0.359 e. The second-order valence-electron chi connectivity index (χ2n) is 3.65. The van der Waals surface area contributed by atoms with Crippen molar-refractivity contribution in [2.45, 2.75) is 27.3 Å². The van der Waals surface area contributed by atoms with Crippen LogP contribution in [0.1, 0.15) is 30.1 Å². The van der Waals surface area contributed by atoms with Gasteiger partial charge in [-0.1, -0.05) is 5.16 Å². The van der Waals surface area contributed by atoms with E-state index < -0.39 is 5.97 Å². The van der Waals surface area contributed by atoms with Crippen LogP contribution in [0.4, 0.5) is 0 Å². The van der Waals surface area contributed by atoms with Crippen molar-refractivity contribution >= 4 is 16.9 Å². The van der Waals surface area contributed by atoms with E-state index in [-0.39, 0.29) is 23.4 Å². The Balaban J connectivity index is 2.78. The van der Waals surface area contributed by atoms with Crippen molar-refractivity contribution in [3.8, 4) is 0 Å². The molecule has 0 radical (unpaired) electrons. The van der Waals surface area contributed by atoms with Gasteiger partial charge in [-0.15, -0.1) is 0 Å². The molecule has 0 amide bonds.